The lowest BCUT2D eigenvalue weighted by Gasteiger charge is -1.93. The molecule has 0 aromatic heterocycles. The predicted octanol–water partition coefficient (Wildman–Crippen LogP) is 0.726. The number of aldehydes is 1. The van der Waals surface area contributed by atoms with Gasteiger partial charge in [-0.05, 0) is 24.3 Å². The Hall–Kier alpha value is -2.08. The van der Waals surface area contributed by atoms with Crippen molar-refractivity contribution in [1.29, 1.82) is 0 Å². The summed E-state index contributed by atoms with van der Waals surface area (Å²) in [4.78, 5) is 20.7. The lowest BCUT2D eigenvalue weighted by molar-refractivity contribution is -0.107. The van der Waals surface area contributed by atoms with E-state index in [1.165, 1.54) is 0 Å². The number of carbonyl (C=O) groups is 2. The quantitative estimate of drug-likeness (QED) is 0.548. The largest absolute Gasteiger partial charge is 0.366 e. The molecule has 0 spiro atoms. The van der Waals surface area contributed by atoms with E-state index in [-0.39, 0.29) is 6.42 Å². The third-order valence-corrected chi connectivity index (χ3v) is 1.59. The van der Waals surface area contributed by atoms with Crippen molar-refractivity contribution in [1.82, 2.24) is 0 Å². The summed E-state index contributed by atoms with van der Waals surface area (Å²) in [6, 6.07) is 6.59. The van der Waals surface area contributed by atoms with Crippen LogP contribution in [-0.4, -0.2) is 12.2 Å². The van der Waals surface area contributed by atoms with Gasteiger partial charge in [-0.1, -0.05) is 11.8 Å². The van der Waals surface area contributed by atoms with Crippen LogP contribution in [0.1, 0.15) is 22.3 Å². The standard InChI is InChI=1S/C11H9NO2/c12-11(14)10-6-4-9(5-7-10)3-1-2-8-13/h4-8H,2H2,(H2,12,14). The van der Waals surface area contributed by atoms with Gasteiger partial charge in [-0.15, -0.1) is 0 Å². The molecule has 1 amide bonds. The molecule has 0 fully saturated rings. The zero-order valence-corrected chi connectivity index (χ0v) is 7.49. The van der Waals surface area contributed by atoms with Crippen molar-refractivity contribution < 1.29 is 9.59 Å². The Balaban J connectivity index is 2.80. The third kappa shape index (κ3) is 2.76. The molecule has 0 heterocycles. The van der Waals surface area contributed by atoms with Crippen molar-refractivity contribution >= 4 is 12.2 Å². The molecular formula is C11H9NO2. The topological polar surface area (TPSA) is 60.2 Å². The predicted molar refractivity (Wildman–Crippen MR) is 52.5 cm³/mol. The molecule has 2 N–H and O–H groups in total. The van der Waals surface area contributed by atoms with Gasteiger partial charge in [0, 0.05) is 11.1 Å². The van der Waals surface area contributed by atoms with Gasteiger partial charge in [0.25, 0.3) is 0 Å². The number of rotatable bonds is 2. The Morgan fingerprint density at radius 3 is 2.50 bits per heavy atom. The van der Waals surface area contributed by atoms with Crippen LogP contribution in [0.2, 0.25) is 0 Å². The van der Waals surface area contributed by atoms with E-state index in [9.17, 15) is 9.59 Å². The van der Waals surface area contributed by atoms with Crippen LogP contribution in [0, 0.1) is 11.8 Å². The fourth-order valence-electron chi connectivity index (χ4n) is 0.913. The highest BCUT2D eigenvalue weighted by molar-refractivity contribution is 5.92. The van der Waals surface area contributed by atoms with E-state index in [1.54, 1.807) is 24.3 Å². The van der Waals surface area contributed by atoms with Crippen LogP contribution in [0.4, 0.5) is 0 Å². The van der Waals surface area contributed by atoms with Crippen LogP contribution in [0.5, 0.6) is 0 Å². The van der Waals surface area contributed by atoms with Crippen LogP contribution < -0.4 is 5.73 Å². The number of nitrogens with two attached hydrogens (primary N) is 1. The molecule has 0 aliphatic rings. The SMILES string of the molecule is NC(=O)c1ccc(C#CCC=O)cc1. The first kappa shape index (κ1) is 10.0. The summed E-state index contributed by atoms with van der Waals surface area (Å²) in [5.41, 5.74) is 6.28. The zero-order chi connectivity index (χ0) is 10.4. The van der Waals surface area contributed by atoms with Crippen molar-refractivity contribution in [2.24, 2.45) is 5.73 Å². The molecule has 0 atom stereocenters. The fourth-order valence-corrected chi connectivity index (χ4v) is 0.913. The molecule has 70 valence electrons. The van der Waals surface area contributed by atoms with E-state index < -0.39 is 5.91 Å². The van der Waals surface area contributed by atoms with Crippen LogP contribution in [0.3, 0.4) is 0 Å². The van der Waals surface area contributed by atoms with Gasteiger partial charge in [-0.2, -0.15) is 0 Å². The number of primary amides is 1. The molecule has 3 heteroatoms. The smallest absolute Gasteiger partial charge is 0.248 e. The number of amides is 1. The Kier molecular flexibility index (Phi) is 3.45. The van der Waals surface area contributed by atoms with Crippen molar-refractivity contribution in [3.63, 3.8) is 0 Å². The molecule has 0 saturated carbocycles. The van der Waals surface area contributed by atoms with Gasteiger partial charge in [0.2, 0.25) is 5.91 Å². The van der Waals surface area contributed by atoms with E-state index in [0.29, 0.717) is 5.56 Å². The minimum atomic E-state index is -0.461. The molecule has 1 aromatic carbocycles. The highest BCUT2D eigenvalue weighted by atomic mass is 16.1. The molecule has 3 nitrogen and oxygen atoms in total. The highest BCUT2D eigenvalue weighted by Gasteiger charge is 1.97. The van der Waals surface area contributed by atoms with Crippen molar-refractivity contribution in [3.8, 4) is 11.8 Å². The number of carbonyl (C=O) groups excluding carboxylic acids is 2. The Labute approximate surface area is 81.9 Å². The summed E-state index contributed by atoms with van der Waals surface area (Å²) in [7, 11) is 0. The Bertz CT molecular complexity index is 396. The fraction of sp³-hybridized carbons (Fsp3) is 0.0909. The van der Waals surface area contributed by atoms with Crippen LogP contribution in [0.25, 0.3) is 0 Å². The van der Waals surface area contributed by atoms with Gasteiger partial charge in [-0.25, -0.2) is 0 Å². The second kappa shape index (κ2) is 4.83. The third-order valence-electron chi connectivity index (χ3n) is 1.59. The molecule has 1 aromatic rings. The molecule has 0 bridgehead atoms. The Morgan fingerprint density at radius 2 is 2.00 bits per heavy atom. The summed E-state index contributed by atoms with van der Waals surface area (Å²) >= 11 is 0. The highest BCUT2D eigenvalue weighted by Crippen LogP contribution is 2.01. The van der Waals surface area contributed by atoms with E-state index in [2.05, 4.69) is 11.8 Å². The monoisotopic (exact) mass is 187 g/mol. The van der Waals surface area contributed by atoms with Gasteiger partial charge in [0.1, 0.15) is 6.29 Å². The average Bonchev–Trinajstić information content (AvgIpc) is 2.19. The van der Waals surface area contributed by atoms with E-state index in [4.69, 9.17) is 5.73 Å². The van der Waals surface area contributed by atoms with Crippen LogP contribution >= 0.6 is 0 Å². The van der Waals surface area contributed by atoms with E-state index in [0.717, 1.165) is 11.8 Å². The minimum absolute atomic E-state index is 0.220. The number of hydrogen-bond acceptors (Lipinski definition) is 2. The number of benzene rings is 1. The van der Waals surface area contributed by atoms with Gasteiger partial charge >= 0.3 is 0 Å². The molecule has 14 heavy (non-hydrogen) atoms. The first-order valence-electron chi connectivity index (χ1n) is 4.06. The molecular weight excluding hydrogens is 178 g/mol. The average molecular weight is 187 g/mol. The maximum absolute atomic E-state index is 10.7. The summed E-state index contributed by atoms with van der Waals surface area (Å²) in [6.07, 6.45) is 0.961. The maximum Gasteiger partial charge on any atom is 0.248 e. The summed E-state index contributed by atoms with van der Waals surface area (Å²) in [6.45, 7) is 0. The molecule has 1 rings (SSSR count). The van der Waals surface area contributed by atoms with Gasteiger partial charge in [0.05, 0.1) is 6.42 Å². The summed E-state index contributed by atoms with van der Waals surface area (Å²) in [5.74, 6) is 4.98. The lowest BCUT2D eigenvalue weighted by Crippen LogP contribution is -2.10. The first-order chi connectivity index (χ1) is 6.74. The molecule has 0 aliphatic carbocycles. The van der Waals surface area contributed by atoms with E-state index >= 15 is 0 Å². The van der Waals surface area contributed by atoms with Crippen molar-refractivity contribution in [2.75, 3.05) is 0 Å². The molecule has 0 radical (unpaired) electrons. The van der Waals surface area contributed by atoms with Crippen LogP contribution in [0.15, 0.2) is 24.3 Å². The van der Waals surface area contributed by atoms with Gasteiger partial charge in [-0.3, -0.25) is 4.79 Å². The summed E-state index contributed by atoms with van der Waals surface area (Å²) < 4.78 is 0. The lowest BCUT2D eigenvalue weighted by atomic mass is 10.1. The minimum Gasteiger partial charge on any atom is -0.366 e. The Morgan fingerprint density at radius 1 is 1.36 bits per heavy atom. The molecule has 0 saturated heterocycles. The first-order valence-corrected chi connectivity index (χ1v) is 4.06. The summed E-state index contributed by atoms with van der Waals surface area (Å²) in [5, 5.41) is 0. The second-order valence-corrected chi connectivity index (χ2v) is 2.61. The van der Waals surface area contributed by atoms with Crippen LogP contribution in [-0.2, 0) is 4.79 Å². The molecule has 0 unspecified atom stereocenters. The normalized spacial score (nSPS) is 8.57. The van der Waals surface area contributed by atoms with E-state index in [1.807, 2.05) is 0 Å². The second-order valence-electron chi connectivity index (χ2n) is 2.61. The van der Waals surface area contributed by atoms with Gasteiger partial charge in [0.15, 0.2) is 0 Å². The molecule has 0 aliphatic heterocycles. The van der Waals surface area contributed by atoms with Crippen molar-refractivity contribution in [2.45, 2.75) is 6.42 Å². The van der Waals surface area contributed by atoms with Crippen molar-refractivity contribution in [3.05, 3.63) is 35.4 Å². The van der Waals surface area contributed by atoms with Gasteiger partial charge < -0.3 is 10.5 Å². The maximum atomic E-state index is 10.7. The zero-order valence-electron chi connectivity index (χ0n) is 7.49. The number of hydrogen-bond donors (Lipinski definition) is 1.